The van der Waals surface area contributed by atoms with Gasteiger partial charge in [0.1, 0.15) is 0 Å². The van der Waals surface area contributed by atoms with E-state index in [1.807, 2.05) is 25.2 Å². The van der Waals surface area contributed by atoms with Crippen molar-refractivity contribution in [2.75, 3.05) is 26.7 Å². The molecule has 2 unspecified atom stereocenters. The molecule has 1 heterocycles. The number of halogens is 2. The zero-order valence-electron chi connectivity index (χ0n) is 12.2. The fourth-order valence-electron chi connectivity index (χ4n) is 2.66. The van der Waals surface area contributed by atoms with Crippen LogP contribution >= 0.6 is 23.2 Å². The highest BCUT2D eigenvalue weighted by Gasteiger charge is 2.30. The van der Waals surface area contributed by atoms with Gasteiger partial charge in [-0.05, 0) is 44.7 Å². The van der Waals surface area contributed by atoms with Crippen LogP contribution in [-0.2, 0) is 4.74 Å². The molecule has 1 N–H and O–H groups in total. The first-order chi connectivity index (χ1) is 9.52. The summed E-state index contributed by atoms with van der Waals surface area (Å²) < 4.78 is 5.95. The molecule has 1 aromatic carbocycles. The van der Waals surface area contributed by atoms with Gasteiger partial charge in [0.15, 0.2) is 0 Å². The van der Waals surface area contributed by atoms with Crippen molar-refractivity contribution < 1.29 is 4.74 Å². The Morgan fingerprint density at radius 2 is 2.10 bits per heavy atom. The smallest absolute Gasteiger partial charge is 0.0897 e. The van der Waals surface area contributed by atoms with Crippen LogP contribution in [0.25, 0.3) is 0 Å². The summed E-state index contributed by atoms with van der Waals surface area (Å²) in [6.45, 7) is 7.05. The van der Waals surface area contributed by atoms with E-state index >= 15 is 0 Å². The summed E-state index contributed by atoms with van der Waals surface area (Å²) in [5.74, 6) is 0. The minimum absolute atomic E-state index is 0.0442. The number of morpholine rings is 1. The lowest BCUT2D eigenvalue weighted by Crippen LogP contribution is -2.49. The molecule has 0 spiro atoms. The van der Waals surface area contributed by atoms with Crippen LogP contribution < -0.4 is 5.32 Å². The predicted octanol–water partition coefficient (Wildman–Crippen LogP) is 3.36. The lowest BCUT2D eigenvalue weighted by molar-refractivity contribution is -0.0550. The summed E-state index contributed by atoms with van der Waals surface area (Å²) in [6.07, 6.45) is 0.0760. The van der Waals surface area contributed by atoms with Gasteiger partial charge in [0, 0.05) is 29.2 Å². The third kappa shape index (κ3) is 3.66. The summed E-state index contributed by atoms with van der Waals surface area (Å²) in [5.41, 5.74) is 0.997. The molecule has 1 fully saturated rings. The first kappa shape index (κ1) is 16.1. The van der Waals surface area contributed by atoms with Gasteiger partial charge in [-0.1, -0.05) is 23.2 Å². The molecule has 5 heteroatoms. The number of hydrogen-bond acceptors (Lipinski definition) is 3. The summed E-state index contributed by atoms with van der Waals surface area (Å²) in [6, 6.07) is 6.13. The molecule has 0 aliphatic carbocycles. The number of ether oxygens (including phenoxy) is 1. The minimum Gasteiger partial charge on any atom is -0.374 e. The molecule has 1 aromatic rings. The van der Waals surface area contributed by atoms with E-state index in [1.54, 1.807) is 0 Å². The largest absolute Gasteiger partial charge is 0.374 e. The van der Waals surface area contributed by atoms with Crippen LogP contribution in [0.3, 0.4) is 0 Å². The molecule has 0 aromatic heterocycles. The third-order valence-corrected chi connectivity index (χ3v) is 4.41. The van der Waals surface area contributed by atoms with Gasteiger partial charge in [-0.3, -0.25) is 4.90 Å². The average molecular weight is 317 g/mol. The van der Waals surface area contributed by atoms with Crippen molar-refractivity contribution in [3.05, 3.63) is 33.8 Å². The van der Waals surface area contributed by atoms with E-state index in [1.165, 1.54) is 0 Å². The first-order valence-corrected chi connectivity index (χ1v) is 7.76. The normalized spacial score (nSPS) is 22.2. The molecule has 1 saturated heterocycles. The summed E-state index contributed by atoms with van der Waals surface area (Å²) in [7, 11) is 1.93. The monoisotopic (exact) mass is 316 g/mol. The Labute approximate surface area is 131 Å². The van der Waals surface area contributed by atoms with Gasteiger partial charge in [0.05, 0.1) is 18.8 Å². The fraction of sp³-hybridized carbons (Fsp3) is 0.600. The summed E-state index contributed by atoms with van der Waals surface area (Å²) >= 11 is 12.4. The van der Waals surface area contributed by atoms with Crippen molar-refractivity contribution in [1.29, 1.82) is 0 Å². The second-order valence-corrected chi connectivity index (χ2v) is 6.27. The highest BCUT2D eigenvalue weighted by atomic mass is 35.5. The maximum atomic E-state index is 6.32. The molecule has 112 valence electrons. The van der Waals surface area contributed by atoms with Gasteiger partial charge in [0.25, 0.3) is 0 Å². The Balaban J connectivity index is 2.21. The molecular weight excluding hydrogens is 295 g/mol. The molecule has 2 atom stereocenters. The van der Waals surface area contributed by atoms with Crippen LogP contribution in [0.4, 0.5) is 0 Å². The number of hydrogen-bond donors (Lipinski definition) is 1. The van der Waals surface area contributed by atoms with Gasteiger partial charge in [-0.25, -0.2) is 0 Å². The van der Waals surface area contributed by atoms with E-state index in [-0.39, 0.29) is 12.1 Å². The van der Waals surface area contributed by atoms with Crippen molar-refractivity contribution >= 4 is 23.2 Å². The molecule has 1 aliphatic heterocycles. The van der Waals surface area contributed by atoms with Crippen molar-refractivity contribution in [3.63, 3.8) is 0 Å². The van der Waals surface area contributed by atoms with Crippen molar-refractivity contribution in [1.82, 2.24) is 10.2 Å². The highest BCUT2D eigenvalue weighted by molar-refractivity contribution is 6.33. The van der Waals surface area contributed by atoms with E-state index in [2.05, 4.69) is 24.1 Å². The van der Waals surface area contributed by atoms with E-state index in [9.17, 15) is 0 Å². The maximum absolute atomic E-state index is 6.32. The van der Waals surface area contributed by atoms with Crippen molar-refractivity contribution in [3.8, 4) is 0 Å². The van der Waals surface area contributed by atoms with Crippen LogP contribution in [0.15, 0.2) is 18.2 Å². The maximum Gasteiger partial charge on any atom is 0.0897 e. The van der Waals surface area contributed by atoms with Gasteiger partial charge in [-0.2, -0.15) is 0 Å². The lowest BCUT2D eigenvalue weighted by Gasteiger charge is -2.39. The molecule has 20 heavy (non-hydrogen) atoms. The van der Waals surface area contributed by atoms with Crippen LogP contribution in [0, 0.1) is 0 Å². The summed E-state index contributed by atoms with van der Waals surface area (Å²) in [5, 5.41) is 4.74. The zero-order valence-corrected chi connectivity index (χ0v) is 13.7. The van der Waals surface area contributed by atoms with Crippen LogP contribution in [0.2, 0.25) is 10.0 Å². The number of nitrogens with zero attached hydrogens (tertiary/aromatic N) is 1. The van der Waals surface area contributed by atoms with E-state index in [0.29, 0.717) is 11.1 Å². The van der Waals surface area contributed by atoms with Gasteiger partial charge >= 0.3 is 0 Å². The van der Waals surface area contributed by atoms with Crippen molar-refractivity contribution in [2.24, 2.45) is 0 Å². The first-order valence-electron chi connectivity index (χ1n) is 7.00. The Hall–Kier alpha value is -0.320. The SMILES string of the molecule is CNC(c1cc(Cl)ccc1Cl)C1CN(C(C)C)CCO1. The van der Waals surface area contributed by atoms with E-state index in [0.717, 1.165) is 30.3 Å². The molecular formula is C15H22Cl2N2O. The zero-order chi connectivity index (χ0) is 14.7. The number of likely N-dealkylation sites (N-methyl/N-ethyl adjacent to an activating group) is 1. The number of benzene rings is 1. The van der Waals surface area contributed by atoms with Crippen LogP contribution in [0.1, 0.15) is 25.5 Å². The second kappa shape index (κ2) is 7.10. The number of nitrogens with one attached hydrogen (secondary N) is 1. The molecule has 0 radical (unpaired) electrons. The lowest BCUT2D eigenvalue weighted by atomic mass is 9.99. The molecule has 0 amide bonds. The highest BCUT2D eigenvalue weighted by Crippen LogP contribution is 2.30. The van der Waals surface area contributed by atoms with Gasteiger partial charge in [0.2, 0.25) is 0 Å². The molecule has 0 saturated carbocycles. The van der Waals surface area contributed by atoms with Crippen molar-refractivity contribution in [2.45, 2.75) is 32.0 Å². The quantitative estimate of drug-likeness (QED) is 0.921. The molecule has 1 aliphatic rings. The second-order valence-electron chi connectivity index (χ2n) is 5.43. The summed E-state index contributed by atoms with van der Waals surface area (Å²) in [4.78, 5) is 2.43. The molecule has 0 bridgehead atoms. The fourth-order valence-corrected chi connectivity index (χ4v) is 3.08. The Morgan fingerprint density at radius 3 is 2.75 bits per heavy atom. The third-order valence-electron chi connectivity index (χ3n) is 3.83. The predicted molar refractivity (Wildman–Crippen MR) is 84.7 cm³/mol. The topological polar surface area (TPSA) is 24.5 Å². The van der Waals surface area contributed by atoms with Crippen LogP contribution in [0.5, 0.6) is 0 Å². The van der Waals surface area contributed by atoms with E-state index in [4.69, 9.17) is 27.9 Å². The molecule has 2 rings (SSSR count). The average Bonchev–Trinajstić information content (AvgIpc) is 2.44. The standard InChI is InChI=1S/C15H22Cl2N2O/c1-10(2)19-6-7-20-14(9-19)15(18-3)12-8-11(16)4-5-13(12)17/h4-5,8,10,14-15,18H,6-7,9H2,1-3H3. The van der Waals surface area contributed by atoms with Gasteiger partial charge < -0.3 is 10.1 Å². The Morgan fingerprint density at radius 1 is 1.35 bits per heavy atom. The Bertz CT molecular complexity index is 453. The van der Waals surface area contributed by atoms with Gasteiger partial charge in [-0.15, -0.1) is 0 Å². The van der Waals surface area contributed by atoms with Crippen LogP contribution in [-0.4, -0.2) is 43.8 Å². The minimum atomic E-state index is 0.0442. The molecule has 3 nitrogen and oxygen atoms in total. The van der Waals surface area contributed by atoms with E-state index < -0.39 is 0 Å². The number of rotatable bonds is 4. The Kier molecular flexibility index (Phi) is 5.70.